The van der Waals surface area contributed by atoms with E-state index >= 15 is 0 Å². The second kappa shape index (κ2) is 11.3. The third-order valence-corrected chi connectivity index (χ3v) is 7.03. The van der Waals surface area contributed by atoms with Gasteiger partial charge < -0.3 is 19.1 Å². The minimum atomic E-state index is -0.471. The zero-order chi connectivity index (χ0) is 24.0. The number of carbonyl (C=O) groups is 2. The molecule has 34 heavy (non-hydrogen) atoms. The van der Waals surface area contributed by atoms with Crippen molar-refractivity contribution >= 4 is 23.4 Å². The van der Waals surface area contributed by atoms with Gasteiger partial charge in [0.2, 0.25) is 5.91 Å². The number of ether oxygens (including phenoxy) is 1. The van der Waals surface area contributed by atoms with Crippen LogP contribution in [0.1, 0.15) is 68.1 Å². The summed E-state index contributed by atoms with van der Waals surface area (Å²) in [5.41, 5.74) is -0.141. The molecule has 0 N–H and O–H groups in total. The number of nitrogens with zero attached hydrogens (tertiary/aromatic N) is 3. The van der Waals surface area contributed by atoms with Gasteiger partial charge in [-0.1, -0.05) is 29.7 Å². The molecule has 0 spiro atoms. The van der Waals surface area contributed by atoms with E-state index in [1.165, 1.54) is 6.42 Å². The molecule has 0 saturated carbocycles. The highest BCUT2D eigenvalue weighted by Gasteiger charge is 2.41. The van der Waals surface area contributed by atoms with E-state index in [9.17, 15) is 9.59 Å². The number of benzene rings is 1. The summed E-state index contributed by atoms with van der Waals surface area (Å²) >= 11 is 6.13. The van der Waals surface area contributed by atoms with Crippen molar-refractivity contribution in [1.82, 2.24) is 15.0 Å². The van der Waals surface area contributed by atoms with Gasteiger partial charge in [0.05, 0.1) is 6.61 Å². The predicted octanol–water partition coefficient (Wildman–Crippen LogP) is 4.98. The fraction of sp³-hybridized carbons (Fsp3) is 0.577. The Labute approximate surface area is 206 Å². The van der Waals surface area contributed by atoms with Crippen molar-refractivity contribution in [2.75, 3.05) is 32.8 Å². The van der Waals surface area contributed by atoms with Gasteiger partial charge in [0.15, 0.2) is 5.69 Å². The molecule has 0 aliphatic carbocycles. The molecule has 8 heteroatoms. The molecule has 2 amide bonds. The van der Waals surface area contributed by atoms with Crippen LogP contribution in [0, 0.1) is 5.41 Å². The van der Waals surface area contributed by atoms with Crippen LogP contribution in [0.2, 0.25) is 5.02 Å². The molecule has 2 fully saturated rings. The van der Waals surface area contributed by atoms with E-state index in [0.29, 0.717) is 42.6 Å². The van der Waals surface area contributed by atoms with E-state index in [2.05, 4.69) is 12.1 Å². The summed E-state index contributed by atoms with van der Waals surface area (Å²) in [4.78, 5) is 30.3. The fourth-order valence-electron chi connectivity index (χ4n) is 5.00. The highest BCUT2D eigenvalue weighted by molar-refractivity contribution is 6.30. The Morgan fingerprint density at radius 3 is 2.68 bits per heavy atom. The van der Waals surface area contributed by atoms with Crippen LogP contribution in [-0.4, -0.2) is 59.6 Å². The van der Waals surface area contributed by atoms with Crippen LogP contribution in [0.25, 0.3) is 0 Å². The summed E-state index contributed by atoms with van der Waals surface area (Å²) < 4.78 is 11.5. The number of piperidine rings is 2. The van der Waals surface area contributed by atoms with Gasteiger partial charge in [-0.3, -0.25) is 9.59 Å². The number of halogens is 1. The van der Waals surface area contributed by atoms with Crippen molar-refractivity contribution in [3.05, 3.63) is 46.8 Å². The van der Waals surface area contributed by atoms with Crippen molar-refractivity contribution in [2.45, 2.75) is 58.3 Å². The van der Waals surface area contributed by atoms with Crippen molar-refractivity contribution in [3.63, 3.8) is 0 Å². The lowest BCUT2D eigenvalue weighted by Crippen LogP contribution is -2.51. The summed E-state index contributed by atoms with van der Waals surface area (Å²) in [6, 6.07) is 9.03. The summed E-state index contributed by atoms with van der Waals surface area (Å²) in [5.74, 6) is 1.39. The standard InChI is InChI=1S/C26H34ClN3O4/c1-2-8-22-16-23(28-34-22)25(32)30-14-7-11-26(18-30,17-24(31)29-12-4-3-5-13-29)19-33-21-10-6-9-20(27)15-21/h6,9-10,15-16H,2-5,7-8,11-14,17-19H2,1H3/t26-/m0/s1. The Morgan fingerprint density at radius 1 is 1.12 bits per heavy atom. The first-order chi connectivity index (χ1) is 16.5. The monoisotopic (exact) mass is 487 g/mol. The van der Waals surface area contributed by atoms with E-state index in [4.69, 9.17) is 20.9 Å². The minimum Gasteiger partial charge on any atom is -0.493 e. The van der Waals surface area contributed by atoms with Crippen molar-refractivity contribution < 1.29 is 18.8 Å². The quantitative estimate of drug-likeness (QED) is 0.524. The van der Waals surface area contributed by atoms with E-state index in [0.717, 1.165) is 57.4 Å². The maximum absolute atomic E-state index is 13.3. The Hall–Kier alpha value is -2.54. The largest absolute Gasteiger partial charge is 0.493 e. The third kappa shape index (κ3) is 6.12. The van der Waals surface area contributed by atoms with Crippen LogP contribution in [0.5, 0.6) is 5.75 Å². The lowest BCUT2D eigenvalue weighted by atomic mass is 9.77. The number of hydrogen-bond donors (Lipinski definition) is 0. The Bertz CT molecular complexity index is 988. The van der Waals surface area contributed by atoms with Gasteiger partial charge >= 0.3 is 0 Å². The molecular weight excluding hydrogens is 454 g/mol. The first-order valence-corrected chi connectivity index (χ1v) is 12.8. The van der Waals surface area contributed by atoms with Crippen LogP contribution in [-0.2, 0) is 11.2 Å². The van der Waals surface area contributed by atoms with Gasteiger partial charge in [-0.2, -0.15) is 0 Å². The maximum Gasteiger partial charge on any atom is 0.276 e. The van der Waals surface area contributed by atoms with Crippen molar-refractivity contribution in [3.8, 4) is 5.75 Å². The Kier molecular flexibility index (Phi) is 8.14. The maximum atomic E-state index is 13.3. The first kappa shape index (κ1) is 24.6. The SMILES string of the molecule is CCCc1cc(C(=O)N2CCC[C@](COc3cccc(Cl)c3)(CC(=O)N3CCCCC3)C2)no1. The van der Waals surface area contributed by atoms with Crippen LogP contribution in [0.15, 0.2) is 34.9 Å². The average Bonchev–Trinajstić information content (AvgIpc) is 3.32. The normalized spacial score (nSPS) is 20.9. The molecule has 2 aromatic rings. The van der Waals surface area contributed by atoms with Crippen LogP contribution >= 0.6 is 11.6 Å². The smallest absolute Gasteiger partial charge is 0.276 e. The zero-order valence-corrected chi connectivity index (χ0v) is 20.7. The molecule has 0 unspecified atom stereocenters. The lowest BCUT2D eigenvalue weighted by Gasteiger charge is -2.43. The molecule has 1 aromatic carbocycles. The first-order valence-electron chi connectivity index (χ1n) is 12.4. The second-order valence-corrected chi connectivity index (χ2v) is 10.1. The van der Waals surface area contributed by atoms with Crippen LogP contribution in [0.3, 0.4) is 0 Å². The Morgan fingerprint density at radius 2 is 1.91 bits per heavy atom. The molecular formula is C26H34ClN3O4. The summed E-state index contributed by atoms with van der Waals surface area (Å²) in [6.07, 6.45) is 6.93. The zero-order valence-electron chi connectivity index (χ0n) is 19.9. The van der Waals surface area contributed by atoms with Gasteiger partial charge in [-0.15, -0.1) is 0 Å². The minimum absolute atomic E-state index is 0.148. The van der Waals surface area contributed by atoms with Gasteiger partial charge in [-0.05, 0) is 56.7 Å². The summed E-state index contributed by atoms with van der Waals surface area (Å²) in [7, 11) is 0. The molecule has 0 radical (unpaired) electrons. The molecule has 1 aromatic heterocycles. The number of amides is 2. The molecule has 0 bridgehead atoms. The fourth-order valence-corrected chi connectivity index (χ4v) is 5.18. The summed E-state index contributed by atoms with van der Waals surface area (Å²) in [6.45, 7) is 5.10. The van der Waals surface area contributed by atoms with Crippen LogP contribution < -0.4 is 4.74 Å². The number of likely N-dealkylation sites (tertiary alicyclic amines) is 2. The molecule has 2 saturated heterocycles. The topological polar surface area (TPSA) is 75.9 Å². The lowest BCUT2D eigenvalue weighted by molar-refractivity contribution is -0.136. The third-order valence-electron chi connectivity index (χ3n) is 6.80. The van der Waals surface area contributed by atoms with Crippen molar-refractivity contribution in [1.29, 1.82) is 0 Å². The van der Waals surface area contributed by atoms with Gasteiger partial charge in [0, 0.05) is 55.5 Å². The predicted molar refractivity (Wildman–Crippen MR) is 130 cm³/mol. The van der Waals surface area contributed by atoms with E-state index in [-0.39, 0.29) is 11.8 Å². The highest BCUT2D eigenvalue weighted by Crippen LogP contribution is 2.36. The number of carbonyl (C=O) groups excluding carboxylic acids is 2. The molecule has 2 aliphatic rings. The molecule has 3 heterocycles. The van der Waals surface area contributed by atoms with Gasteiger partial charge in [-0.25, -0.2) is 0 Å². The van der Waals surface area contributed by atoms with E-state index in [1.54, 1.807) is 18.2 Å². The molecule has 2 aliphatic heterocycles. The van der Waals surface area contributed by atoms with Gasteiger partial charge in [0.25, 0.3) is 5.91 Å². The van der Waals surface area contributed by atoms with Crippen LogP contribution in [0.4, 0.5) is 0 Å². The number of hydrogen-bond acceptors (Lipinski definition) is 5. The van der Waals surface area contributed by atoms with Gasteiger partial charge in [0.1, 0.15) is 11.5 Å². The van der Waals surface area contributed by atoms with E-state index < -0.39 is 5.41 Å². The molecule has 184 valence electrons. The second-order valence-electron chi connectivity index (χ2n) is 9.62. The Balaban J connectivity index is 1.51. The molecule has 1 atom stereocenters. The van der Waals surface area contributed by atoms with E-state index in [1.807, 2.05) is 21.9 Å². The highest BCUT2D eigenvalue weighted by atomic mass is 35.5. The summed E-state index contributed by atoms with van der Waals surface area (Å²) in [5, 5.41) is 4.61. The van der Waals surface area contributed by atoms with Crippen molar-refractivity contribution in [2.24, 2.45) is 5.41 Å². The number of aromatic nitrogens is 1. The molecule has 7 nitrogen and oxygen atoms in total. The number of rotatable bonds is 8. The number of aryl methyl sites for hydroxylation is 1. The average molecular weight is 488 g/mol. The molecule has 4 rings (SSSR count).